The van der Waals surface area contributed by atoms with Crippen LogP contribution < -0.4 is 5.73 Å². The Kier molecular flexibility index (Phi) is 5.43. The van der Waals surface area contributed by atoms with Gasteiger partial charge < -0.3 is 15.2 Å². The van der Waals surface area contributed by atoms with Crippen molar-refractivity contribution < 1.29 is 9.47 Å². The predicted molar refractivity (Wildman–Crippen MR) is 73.9 cm³/mol. The van der Waals surface area contributed by atoms with Crippen molar-refractivity contribution in [2.45, 2.75) is 33.0 Å². The van der Waals surface area contributed by atoms with Gasteiger partial charge in [-0.3, -0.25) is 0 Å². The number of rotatable bonds is 5. The van der Waals surface area contributed by atoms with Crippen LogP contribution in [0.2, 0.25) is 0 Å². The molecule has 3 nitrogen and oxygen atoms in total. The van der Waals surface area contributed by atoms with Crippen LogP contribution >= 0.6 is 15.9 Å². The molecule has 0 aromatic heterocycles. The fourth-order valence-electron chi connectivity index (χ4n) is 1.31. The van der Waals surface area contributed by atoms with E-state index < -0.39 is 0 Å². The lowest BCUT2D eigenvalue weighted by atomic mass is 10.2. The lowest BCUT2D eigenvalue weighted by molar-refractivity contribution is -0.0376. The first-order chi connectivity index (χ1) is 7.90. The number of anilines is 1. The number of hydrogen-bond acceptors (Lipinski definition) is 3. The fourth-order valence-corrected chi connectivity index (χ4v) is 1.80. The van der Waals surface area contributed by atoms with Crippen molar-refractivity contribution in [2.24, 2.45) is 0 Å². The Morgan fingerprint density at radius 3 is 2.53 bits per heavy atom. The highest BCUT2D eigenvalue weighted by atomic mass is 79.9. The first-order valence-electron chi connectivity index (χ1n) is 5.65. The zero-order valence-electron chi connectivity index (χ0n) is 10.6. The summed E-state index contributed by atoms with van der Waals surface area (Å²) in [5.41, 5.74) is 7.48. The number of halogens is 1. The summed E-state index contributed by atoms with van der Waals surface area (Å²) in [5, 5.41) is 0. The van der Waals surface area contributed by atoms with Crippen LogP contribution in [0.3, 0.4) is 0 Å². The highest BCUT2D eigenvalue weighted by Gasteiger charge is 2.09. The normalized spacial score (nSPS) is 11.8. The van der Waals surface area contributed by atoms with Gasteiger partial charge in [-0.15, -0.1) is 0 Å². The van der Waals surface area contributed by atoms with Gasteiger partial charge in [0, 0.05) is 15.7 Å². The third kappa shape index (κ3) is 5.52. The average Bonchev–Trinajstić information content (AvgIpc) is 2.20. The third-order valence-corrected chi connectivity index (χ3v) is 2.91. The van der Waals surface area contributed by atoms with Crippen LogP contribution in [0, 0.1) is 0 Å². The summed E-state index contributed by atoms with van der Waals surface area (Å²) in [7, 11) is 0. The minimum Gasteiger partial charge on any atom is -0.398 e. The van der Waals surface area contributed by atoms with Crippen LogP contribution in [0.1, 0.15) is 26.3 Å². The predicted octanol–water partition coefficient (Wildman–Crippen LogP) is 3.36. The quantitative estimate of drug-likeness (QED) is 0.670. The molecule has 0 radical (unpaired) electrons. The Balaban J connectivity index is 2.32. The Hall–Kier alpha value is -0.580. The first kappa shape index (κ1) is 14.5. The van der Waals surface area contributed by atoms with E-state index in [1.54, 1.807) is 0 Å². The average molecular weight is 302 g/mol. The molecule has 0 amide bonds. The molecule has 0 atom stereocenters. The largest absolute Gasteiger partial charge is 0.398 e. The lowest BCUT2D eigenvalue weighted by Gasteiger charge is -2.19. The zero-order valence-corrected chi connectivity index (χ0v) is 12.2. The Morgan fingerprint density at radius 2 is 1.94 bits per heavy atom. The summed E-state index contributed by atoms with van der Waals surface area (Å²) in [6, 6.07) is 5.74. The van der Waals surface area contributed by atoms with Gasteiger partial charge in [0.15, 0.2) is 0 Å². The van der Waals surface area contributed by atoms with Crippen molar-refractivity contribution in [3.8, 4) is 0 Å². The molecule has 17 heavy (non-hydrogen) atoms. The molecule has 0 unspecified atom stereocenters. The van der Waals surface area contributed by atoms with Crippen LogP contribution in [-0.4, -0.2) is 18.8 Å². The third-order valence-electron chi connectivity index (χ3n) is 2.16. The molecule has 0 heterocycles. The van der Waals surface area contributed by atoms with Gasteiger partial charge in [-0.2, -0.15) is 0 Å². The van der Waals surface area contributed by atoms with E-state index in [2.05, 4.69) is 15.9 Å². The molecule has 0 aliphatic rings. The number of hydrogen-bond donors (Lipinski definition) is 1. The number of nitrogen functional groups attached to an aromatic ring is 1. The SMILES string of the molecule is CC(C)(C)OCCOCc1c(N)cccc1Br. The molecule has 96 valence electrons. The molecular weight excluding hydrogens is 282 g/mol. The fraction of sp³-hybridized carbons (Fsp3) is 0.538. The van der Waals surface area contributed by atoms with Gasteiger partial charge in [-0.25, -0.2) is 0 Å². The van der Waals surface area contributed by atoms with Crippen molar-refractivity contribution in [3.63, 3.8) is 0 Å². The van der Waals surface area contributed by atoms with E-state index >= 15 is 0 Å². The molecule has 0 saturated heterocycles. The second kappa shape index (κ2) is 6.38. The minimum absolute atomic E-state index is 0.115. The molecule has 0 bridgehead atoms. The highest BCUT2D eigenvalue weighted by Crippen LogP contribution is 2.23. The number of nitrogens with two attached hydrogens (primary N) is 1. The molecule has 2 N–H and O–H groups in total. The molecule has 1 aromatic carbocycles. The maximum Gasteiger partial charge on any atom is 0.0749 e. The molecule has 0 aliphatic carbocycles. The second-order valence-corrected chi connectivity index (χ2v) is 5.68. The van der Waals surface area contributed by atoms with E-state index in [0.717, 1.165) is 15.7 Å². The molecule has 4 heteroatoms. The number of ether oxygens (including phenoxy) is 2. The van der Waals surface area contributed by atoms with Gasteiger partial charge >= 0.3 is 0 Å². The van der Waals surface area contributed by atoms with Crippen molar-refractivity contribution in [2.75, 3.05) is 18.9 Å². The van der Waals surface area contributed by atoms with Crippen LogP contribution in [0.15, 0.2) is 22.7 Å². The van der Waals surface area contributed by atoms with Gasteiger partial charge in [0.2, 0.25) is 0 Å². The maximum atomic E-state index is 5.86. The van der Waals surface area contributed by atoms with E-state index in [4.69, 9.17) is 15.2 Å². The summed E-state index contributed by atoms with van der Waals surface area (Å²) in [4.78, 5) is 0. The summed E-state index contributed by atoms with van der Waals surface area (Å²) < 4.78 is 12.1. The molecule has 0 spiro atoms. The summed E-state index contributed by atoms with van der Waals surface area (Å²) in [6.07, 6.45) is 0. The molecule has 0 saturated carbocycles. The first-order valence-corrected chi connectivity index (χ1v) is 6.44. The topological polar surface area (TPSA) is 44.5 Å². The monoisotopic (exact) mass is 301 g/mol. The lowest BCUT2D eigenvalue weighted by Crippen LogP contribution is -2.21. The maximum absolute atomic E-state index is 5.86. The molecule has 1 aromatic rings. The molecular formula is C13H20BrNO2. The number of benzene rings is 1. The van der Waals surface area contributed by atoms with E-state index in [9.17, 15) is 0 Å². The highest BCUT2D eigenvalue weighted by molar-refractivity contribution is 9.10. The van der Waals surface area contributed by atoms with E-state index in [-0.39, 0.29) is 5.60 Å². The zero-order chi connectivity index (χ0) is 12.9. The van der Waals surface area contributed by atoms with Crippen LogP contribution in [0.5, 0.6) is 0 Å². The molecule has 0 aliphatic heterocycles. The Labute approximate surface area is 111 Å². The summed E-state index contributed by atoms with van der Waals surface area (Å²) in [5.74, 6) is 0. The van der Waals surface area contributed by atoms with E-state index in [0.29, 0.717) is 19.8 Å². The van der Waals surface area contributed by atoms with E-state index in [1.807, 2.05) is 39.0 Å². The van der Waals surface area contributed by atoms with Crippen molar-refractivity contribution in [3.05, 3.63) is 28.2 Å². The summed E-state index contributed by atoms with van der Waals surface area (Å²) >= 11 is 3.46. The van der Waals surface area contributed by atoms with Crippen LogP contribution in [-0.2, 0) is 16.1 Å². The standard InChI is InChI=1S/C13H20BrNO2/c1-13(2,3)17-8-7-16-9-10-11(14)5-4-6-12(10)15/h4-6H,7-9,15H2,1-3H3. The van der Waals surface area contributed by atoms with Crippen LogP contribution in [0.25, 0.3) is 0 Å². The molecule has 1 rings (SSSR count). The van der Waals surface area contributed by atoms with Gasteiger partial charge in [-0.05, 0) is 32.9 Å². The Morgan fingerprint density at radius 1 is 1.24 bits per heavy atom. The second-order valence-electron chi connectivity index (χ2n) is 4.82. The smallest absolute Gasteiger partial charge is 0.0749 e. The van der Waals surface area contributed by atoms with Gasteiger partial charge in [0.1, 0.15) is 0 Å². The van der Waals surface area contributed by atoms with Gasteiger partial charge in [0.05, 0.1) is 25.4 Å². The minimum atomic E-state index is -0.115. The van der Waals surface area contributed by atoms with Gasteiger partial charge in [-0.1, -0.05) is 22.0 Å². The van der Waals surface area contributed by atoms with E-state index in [1.165, 1.54) is 0 Å². The Bertz CT molecular complexity index is 341. The van der Waals surface area contributed by atoms with Crippen molar-refractivity contribution in [1.29, 1.82) is 0 Å². The molecule has 0 fully saturated rings. The van der Waals surface area contributed by atoms with Crippen LogP contribution in [0.4, 0.5) is 5.69 Å². The van der Waals surface area contributed by atoms with Gasteiger partial charge in [0.25, 0.3) is 0 Å². The van der Waals surface area contributed by atoms with Crippen molar-refractivity contribution >= 4 is 21.6 Å². The summed E-state index contributed by atoms with van der Waals surface area (Å²) in [6.45, 7) is 7.74. The van der Waals surface area contributed by atoms with Crippen molar-refractivity contribution in [1.82, 2.24) is 0 Å².